The van der Waals surface area contributed by atoms with Gasteiger partial charge in [-0.2, -0.15) is 0 Å². The number of benzene rings is 1. The van der Waals surface area contributed by atoms with Crippen molar-refractivity contribution in [3.63, 3.8) is 0 Å². The molecule has 0 N–H and O–H groups in total. The van der Waals surface area contributed by atoms with Crippen molar-refractivity contribution in [3.05, 3.63) is 55.7 Å². The van der Waals surface area contributed by atoms with Crippen LogP contribution in [-0.2, 0) is 6.54 Å². The Balaban J connectivity index is 1.59. The van der Waals surface area contributed by atoms with E-state index >= 15 is 0 Å². The zero-order valence-corrected chi connectivity index (χ0v) is 15.2. The molecule has 2 aromatic rings. The Hall–Kier alpha value is -1.07. The Morgan fingerprint density at radius 1 is 1.17 bits per heavy atom. The molecule has 1 aromatic heterocycles. The van der Waals surface area contributed by atoms with Crippen molar-refractivity contribution in [2.24, 2.45) is 0 Å². The maximum atomic E-state index is 12.5. The monoisotopic (exact) mass is 368 g/mol. The summed E-state index contributed by atoms with van der Waals surface area (Å²) in [5.74, 6) is -0.0197. The van der Waals surface area contributed by atoms with Gasteiger partial charge in [0.2, 0.25) is 0 Å². The van der Waals surface area contributed by atoms with Crippen molar-refractivity contribution >= 4 is 40.4 Å². The highest BCUT2D eigenvalue weighted by Crippen LogP contribution is 2.32. The Kier molecular flexibility index (Phi) is 5.27. The maximum absolute atomic E-state index is 12.5. The first-order chi connectivity index (χ1) is 11.0. The first-order valence-corrected chi connectivity index (χ1v) is 9.13. The molecule has 1 amide bonds. The molecule has 1 saturated heterocycles. The summed E-state index contributed by atoms with van der Waals surface area (Å²) in [5, 5.41) is 0. The molecule has 0 radical (unpaired) electrons. The molecule has 1 aromatic carbocycles. The third-order valence-corrected chi connectivity index (χ3v) is 5.69. The molecule has 0 aliphatic carbocycles. The van der Waals surface area contributed by atoms with Crippen LogP contribution in [0.4, 0.5) is 0 Å². The molecule has 23 heavy (non-hydrogen) atoms. The Morgan fingerprint density at radius 3 is 2.48 bits per heavy atom. The van der Waals surface area contributed by atoms with E-state index in [2.05, 4.69) is 36.1 Å². The average Bonchev–Trinajstić information content (AvgIpc) is 2.88. The lowest BCUT2D eigenvalue weighted by molar-refractivity contribution is 0.0629. The molecular weight excluding hydrogens is 351 g/mol. The zero-order valence-electron chi connectivity index (χ0n) is 12.9. The quantitative estimate of drug-likeness (QED) is 0.805. The molecule has 0 unspecified atom stereocenters. The van der Waals surface area contributed by atoms with Crippen molar-refractivity contribution < 1.29 is 4.79 Å². The van der Waals surface area contributed by atoms with Crippen molar-refractivity contribution in [2.45, 2.75) is 13.5 Å². The number of amides is 1. The van der Waals surface area contributed by atoms with Crippen molar-refractivity contribution in [3.8, 4) is 0 Å². The lowest BCUT2D eigenvalue weighted by Gasteiger charge is -2.35. The fourth-order valence-electron chi connectivity index (χ4n) is 2.79. The van der Waals surface area contributed by atoms with E-state index in [4.69, 9.17) is 23.2 Å². The molecule has 1 fully saturated rings. The highest BCUT2D eigenvalue weighted by Gasteiger charge is 2.25. The Labute approximate surface area is 150 Å². The van der Waals surface area contributed by atoms with E-state index in [1.54, 1.807) is 6.07 Å². The number of thiophene rings is 1. The van der Waals surface area contributed by atoms with Crippen LogP contribution in [0.5, 0.6) is 0 Å². The second kappa shape index (κ2) is 7.22. The van der Waals surface area contributed by atoms with Crippen LogP contribution >= 0.6 is 34.5 Å². The normalized spacial score (nSPS) is 15.9. The van der Waals surface area contributed by atoms with Gasteiger partial charge in [-0.1, -0.05) is 47.5 Å². The SMILES string of the molecule is Cc1ccccc1CN1CCN(C(=O)c2cc(Cl)sc2Cl)CC1. The van der Waals surface area contributed by atoms with Crippen LogP contribution in [0.3, 0.4) is 0 Å². The number of rotatable bonds is 3. The van der Waals surface area contributed by atoms with Crippen LogP contribution in [-0.4, -0.2) is 41.9 Å². The number of halogens is 2. The molecule has 0 bridgehead atoms. The molecule has 0 atom stereocenters. The highest BCUT2D eigenvalue weighted by atomic mass is 35.5. The van der Waals surface area contributed by atoms with Gasteiger partial charge in [-0.25, -0.2) is 0 Å². The van der Waals surface area contributed by atoms with Gasteiger partial charge in [-0.05, 0) is 24.1 Å². The number of hydrogen-bond acceptors (Lipinski definition) is 3. The van der Waals surface area contributed by atoms with Gasteiger partial charge in [-0.15, -0.1) is 11.3 Å². The molecule has 2 heterocycles. The largest absolute Gasteiger partial charge is 0.336 e. The van der Waals surface area contributed by atoms with Gasteiger partial charge >= 0.3 is 0 Å². The second-order valence-corrected chi connectivity index (χ2v) is 8.02. The number of nitrogens with zero attached hydrogens (tertiary/aromatic N) is 2. The third-order valence-electron chi connectivity index (χ3n) is 4.20. The van der Waals surface area contributed by atoms with E-state index < -0.39 is 0 Å². The lowest BCUT2D eigenvalue weighted by Crippen LogP contribution is -2.48. The van der Waals surface area contributed by atoms with E-state index in [0.29, 0.717) is 27.3 Å². The van der Waals surface area contributed by atoms with Gasteiger partial charge in [-0.3, -0.25) is 9.69 Å². The van der Waals surface area contributed by atoms with E-state index in [0.717, 1.165) is 19.6 Å². The summed E-state index contributed by atoms with van der Waals surface area (Å²) in [7, 11) is 0. The van der Waals surface area contributed by atoms with Crippen LogP contribution in [0, 0.1) is 6.92 Å². The number of carbonyl (C=O) groups is 1. The lowest BCUT2D eigenvalue weighted by atomic mass is 10.1. The van der Waals surface area contributed by atoms with E-state index in [1.165, 1.54) is 22.5 Å². The first-order valence-electron chi connectivity index (χ1n) is 7.55. The smallest absolute Gasteiger partial charge is 0.256 e. The van der Waals surface area contributed by atoms with Crippen molar-refractivity contribution in [1.82, 2.24) is 9.80 Å². The third kappa shape index (κ3) is 3.89. The number of hydrogen-bond donors (Lipinski definition) is 0. The molecule has 0 saturated carbocycles. The van der Waals surface area contributed by atoms with Gasteiger partial charge in [0, 0.05) is 32.7 Å². The fourth-order valence-corrected chi connectivity index (χ4v) is 4.24. The molecule has 0 spiro atoms. The Morgan fingerprint density at radius 2 is 1.87 bits per heavy atom. The van der Waals surface area contributed by atoms with Crippen LogP contribution in [0.2, 0.25) is 8.67 Å². The molecule has 3 nitrogen and oxygen atoms in total. The summed E-state index contributed by atoms with van der Waals surface area (Å²) in [6, 6.07) is 10.1. The van der Waals surface area contributed by atoms with Gasteiger partial charge in [0.15, 0.2) is 0 Å². The second-order valence-electron chi connectivity index (χ2n) is 5.73. The minimum atomic E-state index is -0.0197. The zero-order chi connectivity index (χ0) is 16.4. The number of carbonyl (C=O) groups excluding carboxylic acids is 1. The summed E-state index contributed by atoms with van der Waals surface area (Å²) in [4.78, 5) is 16.8. The number of piperazine rings is 1. The molecule has 1 aliphatic heterocycles. The van der Waals surface area contributed by atoms with E-state index in [-0.39, 0.29) is 5.91 Å². The molecule has 6 heteroatoms. The summed E-state index contributed by atoms with van der Waals surface area (Å²) >= 11 is 13.3. The number of aryl methyl sites for hydroxylation is 1. The first kappa shape index (κ1) is 16.8. The predicted molar refractivity (Wildman–Crippen MR) is 96.7 cm³/mol. The van der Waals surface area contributed by atoms with Crippen LogP contribution in [0.15, 0.2) is 30.3 Å². The minimum absolute atomic E-state index is 0.0197. The van der Waals surface area contributed by atoms with Gasteiger partial charge in [0.25, 0.3) is 5.91 Å². The molecular formula is C17H18Cl2N2OS. The molecule has 122 valence electrons. The average molecular weight is 369 g/mol. The van der Waals surface area contributed by atoms with E-state index in [1.807, 2.05) is 4.90 Å². The topological polar surface area (TPSA) is 23.6 Å². The summed E-state index contributed by atoms with van der Waals surface area (Å²) in [6.07, 6.45) is 0. The van der Waals surface area contributed by atoms with Crippen LogP contribution < -0.4 is 0 Å². The summed E-state index contributed by atoms with van der Waals surface area (Å²) < 4.78 is 1.03. The fraction of sp³-hybridized carbons (Fsp3) is 0.353. The maximum Gasteiger partial charge on any atom is 0.256 e. The van der Waals surface area contributed by atoms with Gasteiger partial charge < -0.3 is 4.90 Å². The van der Waals surface area contributed by atoms with Gasteiger partial charge in [0.05, 0.1) is 9.90 Å². The molecule has 3 rings (SSSR count). The molecule has 1 aliphatic rings. The van der Waals surface area contributed by atoms with E-state index in [9.17, 15) is 4.79 Å². The van der Waals surface area contributed by atoms with Crippen LogP contribution in [0.25, 0.3) is 0 Å². The Bertz CT molecular complexity index is 708. The highest BCUT2D eigenvalue weighted by molar-refractivity contribution is 7.20. The van der Waals surface area contributed by atoms with Gasteiger partial charge in [0.1, 0.15) is 4.34 Å². The summed E-state index contributed by atoms with van der Waals surface area (Å²) in [5.41, 5.74) is 3.18. The van der Waals surface area contributed by atoms with Crippen LogP contribution in [0.1, 0.15) is 21.5 Å². The minimum Gasteiger partial charge on any atom is -0.336 e. The predicted octanol–water partition coefficient (Wildman–Crippen LogP) is 4.32. The van der Waals surface area contributed by atoms with Crippen molar-refractivity contribution in [2.75, 3.05) is 26.2 Å². The summed E-state index contributed by atoms with van der Waals surface area (Å²) in [6.45, 7) is 6.24. The standard InChI is InChI=1S/C17H18Cl2N2OS/c1-12-4-2-3-5-13(12)11-20-6-8-21(9-7-20)17(22)14-10-15(18)23-16(14)19/h2-5,10H,6-9,11H2,1H3. The van der Waals surface area contributed by atoms with Crippen molar-refractivity contribution in [1.29, 1.82) is 0 Å².